The Hall–Kier alpha value is -3.12. The summed E-state index contributed by atoms with van der Waals surface area (Å²) < 4.78 is 54.8. The molecule has 12 heteroatoms. The maximum absolute atomic E-state index is 14.8. The van der Waals surface area contributed by atoms with Gasteiger partial charge in [0.25, 0.3) is 10.0 Å². The number of benzene rings is 2. The standard InChI is InChI=1S/C18H17FN4O5S2/c1-11(12-4-3-5-13(6-12)27-2)22-10-28-16-8-17(14(19)7-15(16)22)30(25,26)21-18-20-9-23(24)29-18/h3-9,11,24H,10H2,1-2H3. The Kier molecular flexibility index (Phi) is 5.12. The summed E-state index contributed by atoms with van der Waals surface area (Å²) in [5, 5.41) is 9.22. The number of nitrogens with zero attached hydrogens (tertiary/aromatic N) is 4. The first-order valence-electron chi connectivity index (χ1n) is 8.70. The van der Waals surface area contributed by atoms with Crippen LogP contribution in [0.15, 0.2) is 52.0 Å². The fourth-order valence-corrected chi connectivity index (χ4v) is 4.79. The van der Waals surface area contributed by atoms with Crippen LogP contribution in [-0.2, 0) is 10.0 Å². The maximum Gasteiger partial charge on any atom is 0.288 e. The van der Waals surface area contributed by atoms with Crippen LogP contribution in [0.25, 0.3) is 0 Å². The van der Waals surface area contributed by atoms with Gasteiger partial charge in [-0.2, -0.15) is 8.42 Å². The molecule has 158 valence electrons. The molecule has 3 aromatic rings. The van der Waals surface area contributed by atoms with Crippen molar-refractivity contribution in [2.45, 2.75) is 17.9 Å². The topological polar surface area (TPSA) is 106 Å². The van der Waals surface area contributed by atoms with Crippen molar-refractivity contribution in [2.24, 2.45) is 4.40 Å². The van der Waals surface area contributed by atoms with E-state index in [0.717, 1.165) is 24.0 Å². The van der Waals surface area contributed by atoms with Gasteiger partial charge in [-0.05, 0) is 24.6 Å². The normalized spacial score (nSPS) is 15.0. The number of sulfonamides is 1. The van der Waals surface area contributed by atoms with Crippen molar-refractivity contribution in [2.75, 3.05) is 18.7 Å². The average molecular weight is 452 g/mol. The van der Waals surface area contributed by atoms with Gasteiger partial charge in [-0.3, -0.25) is 0 Å². The number of fused-ring (bicyclic) bond motifs is 1. The van der Waals surface area contributed by atoms with Gasteiger partial charge in [0.2, 0.25) is 4.80 Å². The SMILES string of the molecule is COc1cccc(C(C)N2COc3cc(S(=O)(=O)N=c4ncn(O)s4)c(F)cc32)c1. The van der Waals surface area contributed by atoms with E-state index in [1.165, 1.54) is 0 Å². The molecule has 1 aromatic heterocycles. The fourth-order valence-electron chi connectivity index (χ4n) is 3.09. The molecule has 0 radical (unpaired) electrons. The third-order valence-electron chi connectivity index (χ3n) is 4.64. The molecule has 1 aliphatic rings. The molecule has 0 aliphatic carbocycles. The molecule has 4 rings (SSSR count). The first-order valence-corrected chi connectivity index (χ1v) is 10.9. The predicted molar refractivity (Wildman–Crippen MR) is 106 cm³/mol. The highest BCUT2D eigenvalue weighted by Crippen LogP contribution is 2.42. The smallest absolute Gasteiger partial charge is 0.288 e. The maximum atomic E-state index is 14.8. The summed E-state index contributed by atoms with van der Waals surface area (Å²) in [6, 6.07) is 9.53. The third-order valence-corrected chi connectivity index (χ3v) is 6.68. The molecular formula is C18H17FN4O5S2. The molecule has 0 bridgehead atoms. The van der Waals surface area contributed by atoms with Crippen LogP contribution in [0.4, 0.5) is 10.1 Å². The number of rotatable bonds is 5. The highest BCUT2D eigenvalue weighted by Gasteiger charge is 2.30. The van der Waals surface area contributed by atoms with Crippen LogP contribution < -0.4 is 19.2 Å². The second-order valence-electron chi connectivity index (χ2n) is 6.43. The van der Waals surface area contributed by atoms with Crippen molar-refractivity contribution < 1.29 is 27.5 Å². The summed E-state index contributed by atoms with van der Waals surface area (Å²) in [6.07, 6.45) is 0.985. The first kappa shape index (κ1) is 20.2. The summed E-state index contributed by atoms with van der Waals surface area (Å²) in [5.74, 6) is -0.0316. The lowest BCUT2D eigenvalue weighted by Crippen LogP contribution is -2.25. The summed E-state index contributed by atoms with van der Waals surface area (Å²) in [7, 11) is -2.82. The van der Waals surface area contributed by atoms with Crippen molar-refractivity contribution in [3.05, 3.63) is 58.9 Å². The zero-order chi connectivity index (χ0) is 21.5. The number of aromatic nitrogens is 2. The second kappa shape index (κ2) is 7.61. The van der Waals surface area contributed by atoms with Gasteiger partial charge in [-0.1, -0.05) is 12.1 Å². The van der Waals surface area contributed by atoms with Gasteiger partial charge >= 0.3 is 0 Å². The van der Waals surface area contributed by atoms with Crippen molar-refractivity contribution in [1.82, 2.24) is 9.10 Å². The van der Waals surface area contributed by atoms with Gasteiger partial charge in [0.15, 0.2) is 6.73 Å². The molecule has 0 amide bonds. The number of ether oxygens (including phenoxy) is 2. The van der Waals surface area contributed by atoms with E-state index in [0.29, 0.717) is 27.1 Å². The van der Waals surface area contributed by atoms with Crippen LogP contribution in [0.3, 0.4) is 0 Å². The minimum absolute atomic E-state index is 0.130. The van der Waals surface area contributed by atoms with E-state index in [2.05, 4.69) is 9.38 Å². The predicted octanol–water partition coefficient (Wildman–Crippen LogP) is 2.54. The Morgan fingerprint density at radius 3 is 2.87 bits per heavy atom. The van der Waals surface area contributed by atoms with E-state index in [9.17, 15) is 18.0 Å². The van der Waals surface area contributed by atoms with E-state index in [1.54, 1.807) is 7.11 Å². The van der Waals surface area contributed by atoms with E-state index in [4.69, 9.17) is 9.47 Å². The molecule has 1 atom stereocenters. The lowest BCUT2D eigenvalue weighted by Gasteiger charge is -2.25. The number of anilines is 1. The lowest BCUT2D eigenvalue weighted by atomic mass is 10.1. The fraction of sp³-hybridized carbons (Fsp3) is 0.222. The van der Waals surface area contributed by atoms with Crippen molar-refractivity contribution in [3.8, 4) is 11.5 Å². The molecule has 1 unspecified atom stereocenters. The summed E-state index contributed by atoms with van der Waals surface area (Å²) in [4.78, 5) is 4.58. The lowest BCUT2D eigenvalue weighted by molar-refractivity contribution is 0.216. The zero-order valence-electron chi connectivity index (χ0n) is 15.9. The summed E-state index contributed by atoms with van der Waals surface area (Å²) in [6.45, 7) is 2.06. The first-order chi connectivity index (χ1) is 14.3. The molecule has 0 saturated heterocycles. The second-order valence-corrected chi connectivity index (χ2v) is 8.93. The minimum Gasteiger partial charge on any atom is -0.497 e. The van der Waals surface area contributed by atoms with Gasteiger partial charge in [-0.15, -0.1) is 8.52 Å². The van der Waals surface area contributed by atoms with Crippen molar-refractivity contribution in [1.29, 1.82) is 0 Å². The van der Waals surface area contributed by atoms with Crippen LogP contribution in [0.1, 0.15) is 18.5 Å². The molecule has 30 heavy (non-hydrogen) atoms. The Morgan fingerprint density at radius 2 is 2.17 bits per heavy atom. The third kappa shape index (κ3) is 3.71. The minimum atomic E-state index is -4.39. The van der Waals surface area contributed by atoms with Crippen LogP contribution in [-0.4, -0.2) is 36.6 Å². The van der Waals surface area contributed by atoms with Crippen LogP contribution >= 0.6 is 11.5 Å². The largest absolute Gasteiger partial charge is 0.497 e. The number of methoxy groups -OCH3 is 1. The molecule has 0 fully saturated rings. The summed E-state index contributed by atoms with van der Waals surface area (Å²) >= 11 is 0.589. The van der Waals surface area contributed by atoms with Crippen molar-refractivity contribution in [3.63, 3.8) is 0 Å². The van der Waals surface area contributed by atoms with E-state index < -0.39 is 20.7 Å². The van der Waals surface area contributed by atoms with Crippen LogP contribution in [0, 0.1) is 5.82 Å². The average Bonchev–Trinajstić information content (AvgIpc) is 3.31. The van der Waals surface area contributed by atoms with Gasteiger partial charge in [0, 0.05) is 23.7 Å². The van der Waals surface area contributed by atoms with Crippen LogP contribution in [0.2, 0.25) is 0 Å². The van der Waals surface area contributed by atoms with Gasteiger partial charge < -0.3 is 19.6 Å². The highest BCUT2D eigenvalue weighted by molar-refractivity contribution is 7.90. The van der Waals surface area contributed by atoms with Gasteiger partial charge in [-0.25, -0.2) is 9.37 Å². The molecule has 9 nitrogen and oxygen atoms in total. The van der Waals surface area contributed by atoms with Crippen molar-refractivity contribution >= 4 is 27.2 Å². The molecule has 1 aliphatic heterocycles. The number of halogens is 1. The van der Waals surface area contributed by atoms with E-state index >= 15 is 0 Å². The number of hydrogen-bond acceptors (Lipinski definition) is 8. The molecular weight excluding hydrogens is 435 g/mol. The molecule has 1 N–H and O–H groups in total. The molecule has 2 heterocycles. The molecule has 2 aromatic carbocycles. The summed E-state index contributed by atoms with van der Waals surface area (Å²) in [5.41, 5.74) is 1.36. The molecule has 0 spiro atoms. The van der Waals surface area contributed by atoms with Gasteiger partial charge in [0.05, 0.1) is 18.8 Å². The van der Waals surface area contributed by atoms with Gasteiger partial charge in [0.1, 0.15) is 28.5 Å². The van der Waals surface area contributed by atoms with Crippen LogP contribution in [0.5, 0.6) is 11.5 Å². The number of hydrogen-bond donors (Lipinski definition) is 1. The monoisotopic (exact) mass is 452 g/mol. The Balaban J connectivity index is 1.69. The Labute approximate surface area is 175 Å². The zero-order valence-corrected chi connectivity index (χ0v) is 17.5. The Bertz CT molecular complexity index is 1270. The highest BCUT2D eigenvalue weighted by atomic mass is 32.2. The quantitative estimate of drug-likeness (QED) is 0.593. The van der Waals surface area contributed by atoms with E-state index in [-0.39, 0.29) is 23.3 Å². The Morgan fingerprint density at radius 1 is 1.37 bits per heavy atom. The molecule has 0 saturated carbocycles. The van der Waals surface area contributed by atoms with E-state index in [1.807, 2.05) is 36.1 Å².